The van der Waals surface area contributed by atoms with Gasteiger partial charge in [-0.05, 0) is 0 Å². The third-order valence-corrected chi connectivity index (χ3v) is 2.16. The summed E-state index contributed by atoms with van der Waals surface area (Å²) in [5.74, 6) is -1.58. The average molecular weight is 344 g/mol. The fourth-order valence-corrected chi connectivity index (χ4v) is 0.868. The second-order valence-corrected chi connectivity index (χ2v) is 7.14. The van der Waals surface area contributed by atoms with Crippen molar-refractivity contribution in [2.24, 2.45) is 5.41 Å². The van der Waals surface area contributed by atoms with Crippen molar-refractivity contribution in [2.75, 3.05) is 13.2 Å². The third-order valence-electron chi connectivity index (χ3n) is 1.80. The van der Waals surface area contributed by atoms with E-state index >= 15 is 0 Å². The number of aliphatic carboxylic acids is 2. The molecule has 128 valence electrons. The van der Waals surface area contributed by atoms with Gasteiger partial charge in [0.15, 0.2) is 0 Å². The minimum atomic E-state index is -0.789. The summed E-state index contributed by atoms with van der Waals surface area (Å²) in [5.41, 5.74) is -0.306. The summed E-state index contributed by atoms with van der Waals surface area (Å²) in [6.07, 6.45) is 0.284. The summed E-state index contributed by atoms with van der Waals surface area (Å²) >= 11 is 7.71. The maximum Gasteiger partial charge on any atom is 0.304 e. The molecule has 0 rings (SSSR count). The highest BCUT2D eigenvalue weighted by molar-refractivity contribution is 7.81. The number of aliphatic hydroxyl groups excluding tert-OH is 2. The Labute approximate surface area is 137 Å². The lowest BCUT2D eigenvalue weighted by Gasteiger charge is -2.16. The summed E-state index contributed by atoms with van der Waals surface area (Å²) in [4.78, 5) is 19.5. The van der Waals surface area contributed by atoms with Crippen LogP contribution in [0.25, 0.3) is 0 Å². The lowest BCUT2D eigenvalue weighted by atomic mass is 9.97. The summed E-state index contributed by atoms with van der Waals surface area (Å²) < 4.78 is 0. The molecule has 6 nitrogen and oxygen atoms in total. The molecule has 0 fully saturated rings. The molecule has 2 atom stereocenters. The molecule has 2 unspecified atom stereocenters. The van der Waals surface area contributed by atoms with Gasteiger partial charge in [-0.15, -0.1) is 0 Å². The number of thiol groups is 2. The highest BCUT2D eigenvalue weighted by Crippen LogP contribution is 2.10. The van der Waals surface area contributed by atoms with E-state index in [2.05, 4.69) is 25.3 Å². The lowest BCUT2D eigenvalue weighted by molar-refractivity contribution is -0.137. The van der Waals surface area contributed by atoms with Gasteiger partial charge in [0.2, 0.25) is 0 Å². The van der Waals surface area contributed by atoms with Gasteiger partial charge in [-0.2, -0.15) is 25.3 Å². The molecule has 0 aliphatic heterocycles. The SMILES string of the molecule is CC(C)(CO)CO.CC(S)CC(=O)O.CC(S)CC(=O)O. The molecule has 0 aromatic rings. The van der Waals surface area contributed by atoms with E-state index in [0.717, 1.165) is 0 Å². The second-order valence-electron chi connectivity index (χ2n) is 5.37. The molecule has 0 saturated carbocycles. The van der Waals surface area contributed by atoms with Gasteiger partial charge in [0.25, 0.3) is 0 Å². The maximum absolute atomic E-state index is 9.76. The quantitative estimate of drug-likeness (QED) is 0.407. The van der Waals surface area contributed by atoms with Crippen molar-refractivity contribution in [2.45, 2.75) is 51.0 Å². The number of carboxylic acids is 2. The number of carboxylic acid groups (broad SMARTS) is 2. The molecule has 0 radical (unpaired) electrons. The van der Waals surface area contributed by atoms with Crippen molar-refractivity contribution < 1.29 is 30.0 Å². The molecule has 0 heterocycles. The van der Waals surface area contributed by atoms with E-state index in [0.29, 0.717) is 0 Å². The molecule has 0 spiro atoms. The van der Waals surface area contributed by atoms with Gasteiger partial charge in [-0.1, -0.05) is 27.7 Å². The fourth-order valence-electron chi connectivity index (χ4n) is 0.555. The number of carbonyl (C=O) groups is 2. The second kappa shape index (κ2) is 14.5. The van der Waals surface area contributed by atoms with E-state index < -0.39 is 11.9 Å². The minimum absolute atomic E-state index is 0.0301. The maximum atomic E-state index is 9.76. The van der Waals surface area contributed by atoms with Gasteiger partial charge in [-0.3, -0.25) is 9.59 Å². The number of hydrogen-bond donors (Lipinski definition) is 6. The molecule has 21 heavy (non-hydrogen) atoms. The Balaban J connectivity index is -0.000000231. The van der Waals surface area contributed by atoms with Gasteiger partial charge in [0, 0.05) is 15.9 Å². The largest absolute Gasteiger partial charge is 0.481 e. The fraction of sp³-hybridized carbons (Fsp3) is 0.846. The van der Waals surface area contributed by atoms with E-state index in [1.807, 2.05) is 0 Å². The Bertz CT molecular complexity index is 254. The van der Waals surface area contributed by atoms with Crippen LogP contribution in [0.15, 0.2) is 0 Å². The predicted octanol–water partition coefficient (Wildman–Crippen LogP) is 1.56. The summed E-state index contributed by atoms with van der Waals surface area (Å²) in [6.45, 7) is 7.18. The molecular formula is C13H28O6S2. The molecule has 4 N–H and O–H groups in total. The van der Waals surface area contributed by atoms with Crippen molar-refractivity contribution >= 4 is 37.2 Å². The molecular weight excluding hydrogens is 316 g/mol. The van der Waals surface area contributed by atoms with Gasteiger partial charge in [0.05, 0.1) is 26.1 Å². The van der Waals surface area contributed by atoms with Crippen LogP contribution in [0.2, 0.25) is 0 Å². The van der Waals surface area contributed by atoms with E-state index in [4.69, 9.17) is 20.4 Å². The first kappa shape index (κ1) is 25.5. The smallest absolute Gasteiger partial charge is 0.304 e. The number of rotatable bonds is 6. The first-order chi connectivity index (χ1) is 9.37. The molecule has 0 bridgehead atoms. The molecule has 0 aliphatic carbocycles. The van der Waals surface area contributed by atoms with Gasteiger partial charge >= 0.3 is 11.9 Å². The van der Waals surface area contributed by atoms with Crippen LogP contribution in [-0.4, -0.2) is 56.1 Å². The van der Waals surface area contributed by atoms with Crippen LogP contribution in [-0.2, 0) is 9.59 Å². The molecule has 0 aromatic heterocycles. The summed E-state index contributed by atoms with van der Waals surface area (Å²) in [5, 5.41) is 32.9. The molecule has 0 aromatic carbocycles. The van der Waals surface area contributed by atoms with E-state index in [9.17, 15) is 9.59 Å². The molecule has 8 heteroatoms. The van der Waals surface area contributed by atoms with E-state index in [-0.39, 0.29) is 42.0 Å². The highest BCUT2D eigenvalue weighted by Gasteiger charge is 2.13. The van der Waals surface area contributed by atoms with Crippen LogP contribution in [0.1, 0.15) is 40.5 Å². The summed E-state index contributed by atoms with van der Waals surface area (Å²) in [6, 6.07) is 0. The Morgan fingerprint density at radius 2 is 1.14 bits per heavy atom. The van der Waals surface area contributed by atoms with Gasteiger partial charge in [0.1, 0.15) is 0 Å². The zero-order valence-corrected chi connectivity index (χ0v) is 14.8. The van der Waals surface area contributed by atoms with Crippen molar-refractivity contribution in [3.05, 3.63) is 0 Å². The van der Waals surface area contributed by atoms with Crippen molar-refractivity contribution in [1.29, 1.82) is 0 Å². The van der Waals surface area contributed by atoms with E-state index in [1.165, 1.54) is 0 Å². The Morgan fingerprint density at radius 3 is 1.14 bits per heavy atom. The van der Waals surface area contributed by atoms with Crippen LogP contribution in [0.3, 0.4) is 0 Å². The first-order valence-electron chi connectivity index (χ1n) is 6.39. The van der Waals surface area contributed by atoms with E-state index in [1.54, 1.807) is 27.7 Å². The molecule has 0 saturated heterocycles. The van der Waals surface area contributed by atoms with Gasteiger partial charge in [-0.25, -0.2) is 0 Å². The number of aliphatic hydroxyl groups is 2. The van der Waals surface area contributed by atoms with Crippen LogP contribution in [0, 0.1) is 5.41 Å². The normalized spacial score (nSPS) is 13.0. The molecule has 0 amide bonds. The standard InChI is InChI=1S/C5H12O2.2C4H8O2S/c1-5(2,3-6)4-7;2*1-3(7)2-4(5)6/h6-7H,3-4H2,1-2H3;2*3,7H,2H2,1H3,(H,5,6). The van der Waals surface area contributed by atoms with Gasteiger partial charge < -0.3 is 20.4 Å². The van der Waals surface area contributed by atoms with Crippen LogP contribution >= 0.6 is 25.3 Å². The van der Waals surface area contributed by atoms with Crippen LogP contribution in [0.4, 0.5) is 0 Å². The average Bonchev–Trinajstić information content (AvgIpc) is 2.27. The zero-order valence-electron chi connectivity index (χ0n) is 13.0. The van der Waals surface area contributed by atoms with Crippen molar-refractivity contribution in [1.82, 2.24) is 0 Å². The first-order valence-corrected chi connectivity index (χ1v) is 7.42. The van der Waals surface area contributed by atoms with Crippen LogP contribution < -0.4 is 0 Å². The molecule has 0 aliphatic rings. The zero-order chi connectivity index (χ0) is 17.6. The lowest BCUT2D eigenvalue weighted by Crippen LogP contribution is -2.20. The van der Waals surface area contributed by atoms with Crippen LogP contribution in [0.5, 0.6) is 0 Å². The van der Waals surface area contributed by atoms with Crippen molar-refractivity contribution in [3.63, 3.8) is 0 Å². The monoisotopic (exact) mass is 344 g/mol. The Morgan fingerprint density at radius 1 is 0.905 bits per heavy atom. The summed E-state index contributed by atoms with van der Waals surface area (Å²) in [7, 11) is 0. The number of hydrogen-bond acceptors (Lipinski definition) is 6. The van der Waals surface area contributed by atoms with Crippen molar-refractivity contribution in [3.8, 4) is 0 Å². The topological polar surface area (TPSA) is 115 Å². The third kappa shape index (κ3) is 32.8. The predicted molar refractivity (Wildman–Crippen MR) is 89.4 cm³/mol. The highest BCUT2D eigenvalue weighted by atomic mass is 32.1. The Hall–Kier alpha value is -0.440. The minimum Gasteiger partial charge on any atom is -0.481 e. The Kier molecular flexibility index (Phi) is 17.6.